The number of rotatable bonds is 4. The van der Waals surface area contributed by atoms with Crippen LogP contribution in [0.2, 0.25) is 0 Å². The van der Waals surface area contributed by atoms with Crippen LogP contribution in [-0.4, -0.2) is 35.5 Å². The van der Waals surface area contributed by atoms with E-state index in [-0.39, 0.29) is 18.9 Å². The summed E-state index contributed by atoms with van der Waals surface area (Å²) in [6.45, 7) is 1.65. The van der Waals surface area contributed by atoms with Gasteiger partial charge in [-0.3, -0.25) is 14.4 Å². The lowest BCUT2D eigenvalue weighted by Crippen LogP contribution is -2.42. The van der Waals surface area contributed by atoms with Gasteiger partial charge in [-0.2, -0.15) is 0 Å². The molecule has 1 unspecified atom stereocenters. The quantitative estimate of drug-likeness (QED) is 0.855. The Morgan fingerprint density at radius 3 is 2.81 bits per heavy atom. The van der Waals surface area contributed by atoms with Crippen molar-refractivity contribution in [2.45, 2.75) is 19.4 Å². The van der Waals surface area contributed by atoms with E-state index in [1.165, 1.54) is 6.92 Å². The molecule has 1 fully saturated rings. The minimum absolute atomic E-state index is 0.0880. The first kappa shape index (κ1) is 15.5. The van der Waals surface area contributed by atoms with E-state index in [2.05, 4.69) is 21.2 Å². The third-order valence-electron chi connectivity index (χ3n) is 3.34. The molecule has 2 amide bonds. The van der Waals surface area contributed by atoms with Crippen LogP contribution in [0.5, 0.6) is 0 Å². The molecular formula is C14H15BrN2O4. The molecule has 1 aliphatic heterocycles. The fourth-order valence-corrected chi connectivity index (χ4v) is 2.56. The van der Waals surface area contributed by atoms with Gasteiger partial charge in [0.2, 0.25) is 11.8 Å². The van der Waals surface area contributed by atoms with Crippen LogP contribution in [0.15, 0.2) is 28.7 Å². The first-order chi connectivity index (χ1) is 9.88. The van der Waals surface area contributed by atoms with Crippen LogP contribution < -0.4 is 10.2 Å². The molecule has 0 bridgehead atoms. The van der Waals surface area contributed by atoms with E-state index in [1.807, 2.05) is 12.1 Å². The number of carbonyl (C=O) groups excluding carboxylic acids is 2. The van der Waals surface area contributed by atoms with E-state index in [0.29, 0.717) is 0 Å². The summed E-state index contributed by atoms with van der Waals surface area (Å²) in [6.07, 6.45) is 0.0880. The number of carbonyl (C=O) groups is 3. The highest BCUT2D eigenvalue weighted by atomic mass is 79.9. The summed E-state index contributed by atoms with van der Waals surface area (Å²) in [6, 6.07) is 6.29. The minimum Gasteiger partial charge on any atom is -0.480 e. The summed E-state index contributed by atoms with van der Waals surface area (Å²) in [5.41, 5.74) is 0.718. The average molecular weight is 355 g/mol. The van der Waals surface area contributed by atoms with E-state index in [9.17, 15) is 14.4 Å². The summed E-state index contributed by atoms with van der Waals surface area (Å²) in [5, 5.41) is 11.2. The number of aliphatic carboxylic acids is 1. The second-order valence-corrected chi connectivity index (χ2v) is 5.87. The molecule has 6 nitrogen and oxygen atoms in total. The molecule has 1 aromatic rings. The Morgan fingerprint density at radius 2 is 2.19 bits per heavy atom. The zero-order valence-corrected chi connectivity index (χ0v) is 13.0. The molecule has 0 aromatic heterocycles. The van der Waals surface area contributed by atoms with Crippen molar-refractivity contribution in [3.63, 3.8) is 0 Å². The zero-order chi connectivity index (χ0) is 15.6. The molecule has 1 aliphatic rings. The Balaban J connectivity index is 2.06. The van der Waals surface area contributed by atoms with E-state index in [0.717, 1.165) is 10.2 Å². The van der Waals surface area contributed by atoms with Crippen LogP contribution in [0, 0.1) is 5.92 Å². The van der Waals surface area contributed by atoms with Gasteiger partial charge in [0, 0.05) is 23.1 Å². The Hall–Kier alpha value is -1.89. The van der Waals surface area contributed by atoms with Crippen LogP contribution >= 0.6 is 15.9 Å². The lowest BCUT2D eigenvalue weighted by Gasteiger charge is -2.17. The van der Waals surface area contributed by atoms with Crippen molar-refractivity contribution in [2.75, 3.05) is 11.4 Å². The highest BCUT2D eigenvalue weighted by molar-refractivity contribution is 9.10. The number of carboxylic acid groups (broad SMARTS) is 1. The summed E-state index contributed by atoms with van der Waals surface area (Å²) in [7, 11) is 0. The minimum atomic E-state index is -1.10. The molecule has 1 heterocycles. The summed E-state index contributed by atoms with van der Waals surface area (Å²) < 4.78 is 0.847. The molecule has 7 heteroatoms. The Kier molecular flexibility index (Phi) is 4.62. The summed E-state index contributed by atoms with van der Waals surface area (Å²) in [4.78, 5) is 36.3. The molecule has 2 atom stereocenters. The van der Waals surface area contributed by atoms with Gasteiger partial charge in [0.05, 0.1) is 5.92 Å². The van der Waals surface area contributed by atoms with Crippen LogP contribution in [0.3, 0.4) is 0 Å². The van der Waals surface area contributed by atoms with Gasteiger partial charge in [0.1, 0.15) is 6.04 Å². The maximum Gasteiger partial charge on any atom is 0.325 e. The Morgan fingerprint density at radius 1 is 1.48 bits per heavy atom. The van der Waals surface area contributed by atoms with Crippen molar-refractivity contribution in [1.82, 2.24) is 5.32 Å². The number of hydrogen-bond donors (Lipinski definition) is 2. The number of amides is 2. The SMILES string of the molecule is C[C@@H](NC(=O)C1CC(=O)N(c2cccc(Br)c2)C1)C(=O)O. The molecule has 2 rings (SSSR count). The highest BCUT2D eigenvalue weighted by Crippen LogP contribution is 2.27. The highest BCUT2D eigenvalue weighted by Gasteiger charge is 2.36. The second-order valence-electron chi connectivity index (χ2n) is 4.95. The molecule has 2 N–H and O–H groups in total. The van der Waals surface area contributed by atoms with Crippen LogP contribution in [0.1, 0.15) is 13.3 Å². The molecule has 0 aliphatic carbocycles. The van der Waals surface area contributed by atoms with Crippen molar-refractivity contribution >= 4 is 39.4 Å². The van der Waals surface area contributed by atoms with E-state index in [4.69, 9.17) is 5.11 Å². The molecule has 0 saturated carbocycles. The lowest BCUT2D eigenvalue weighted by atomic mass is 10.1. The number of hydrogen-bond acceptors (Lipinski definition) is 3. The van der Waals surface area contributed by atoms with Crippen molar-refractivity contribution < 1.29 is 19.5 Å². The van der Waals surface area contributed by atoms with E-state index >= 15 is 0 Å². The predicted molar refractivity (Wildman–Crippen MR) is 79.8 cm³/mol. The Bertz CT molecular complexity index is 590. The predicted octanol–water partition coefficient (Wildman–Crippen LogP) is 1.39. The number of nitrogens with one attached hydrogen (secondary N) is 1. The van der Waals surface area contributed by atoms with Crippen LogP contribution in [0.25, 0.3) is 0 Å². The first-order valence-corrected chi connectivity index (χ1v) is 7.27. The monoisotopic (exact) mass is 354 g/mol. The van der Waals surface area contributed by atoms with E-state index in [1.54, 1.807) is 17.0 Å². The standard InChI is InChI=1S/C14H15BrN2O4/c1-8(14(20)21)16-13(19)9-5-12(18)17(7-9)11-4-2-3-10(15)6-11/h2-4,6,8-9H,5,7H2,1H3,(H,16,19)(H,20,21)/t8-,9?/m1/s1. The molecular weight excluding hydrogens is 340 g/mol. The zero-order valence-electron chi connectivity index (χ0n) is 11.4. The summed E-state index contributed by atoms with van der Waals surface area (Å²) >= 11 is 3.34. The van der Waals surface area contributed by atoms with Gasteiger partial charge < -0.3 is 15.3 Å². The number of benzene rings is 1. The van der Waals surface area contributed by atoms with E-state index < -0.39 is 23.8 Å². The second kappa shape index (κ2) is 6.26. The van der Waals surface area contributed by atoms with Gasteiger partial charge >= 0.3 is 5.97 Å². The van der Waals surface area contributed by atoms with Crippen molar-refractivity contribution in [2.24, 2.45) is 5.92 Å². The maximum atomic E-state index is 12.0. The van der Waals surface area contributed by atoms with Crippen molar-refractivity contribution in [1.29, 1.82) is 0 Å². The van der Waals surface area contributed by atoms with Gasteiger partial charge in [0.25, 0.3) is 0 Å². The Labute approximate surface area is 130 Å². The van der Waals surface area contributed by atoms with Gasteiger partial charge in [-0.05, 0) is 25.1 Å². The van der Waals surface area contributed by atoms with Crippen LogP contribution in [0.4, 0.5) is 5.69 Å². The van der Waals surface area contributed by atoms with Gasteiger partial charge in [-0.1, -0.05) is 22.0 Å². The molecule has 112 valence electrons. The fourth-order valence-electron chi connectivity index (χ4n) is 2.17. The van der Waals surface area contributed by atoms with Crippen LogP contribution in [-0.2, 0) is 14.4 Å². The number of anilines is 1. The molecule has 1 saturated heterocycles. The van der Waals surface area contributed by atoms with Gasteiger partial charge in [-0.15, -0.1) is 0 Å². The smallest absolute Gasteiger partial charge is 0.325 e. The average Bonchev–Trinajstić information content (AvgIpc) is 2.80. The first-order valence-electron chi connectivity index (χ1n) is 6.47. The molecule has 1 aromatic carbocycles. The number of nitrogens with zero attached hydrogens (tertiary/aromatic N) is 1. The van der Waals surface area contributed by atoms with Crippen molar-refractivity contribution in [3.8, 4) is 0 Å². The maximum absolute atomic E-state index is 12.0. The topological polar surface area (TPSA) is 86.7 Å². The molecule has 21 heavy (non-hydrogen) atoms. The lowest BCUT2D eigenvalue weighted by molar-refractivity contribution is -0.141. The summed E-state index contributed by atoms with van der Waals surface area (Å²) in [5.74, 6) is -2.18. The van der Waals surface area contributed by atoms with Gasteiger partial charge in [-0.25, -0.2) is 0 Å². The van der Waals surface area contributed by atoms with Crippen molar-refractivity contribution in [3.05, 3.63) is 28.7 Å². The largest absolute Gasteiger partial charge is 0.480 e. The number of carboxylic acids is 1. The normalized spacial score (nSPS) is 19.4. The molecule has 0 spiro atoms. The van der Waals surface area contributed by atoms with Gasteiger partial charge in [0.15, 0.2) is 0 Å². The number of halogens is 1. The molecule has 0 radical (unpaired) electrons. The fraction of sp³-hybridized carbons (Fsp3) is 0.357. The third kappa shape index (κ3) is 3.60. The third-order valence-corrected chi connectivity index (χ3v) is 3.84.